The predicted molar refractivity (Wildman–Crippen MR) is 125 cm³/mol. The van der Waals surface area contributed by atoms with Crippen LogP contribution in [0.1, 0.15) is 42.7 Å². The Balaban J connectivity index is 1.81. The number of urea groups is 1. The maximum Gasteiger partial charge on any atom is 0.322 e. The van der Waals surface area contributed by atoms with Gasteiger partial charge in [-0.1, -0.05) is 48.9 Å². The zero-order valence-corrected chi connectivity index (χ0v) is 18.9. The van der Waals surface area contributed by atoms with Crippen molar-refractivity contribution < 1.29 is 4.79 Å². The molecule has 0 saturated carbocycles. The van der Waals surface area contributed by atoms with Crippen molar-refractivity contribution in [1.82, 2.24) is 9.47 Å². The van der Waals surface area contributed by atoms with Gasteiger partial charge in [-0.25, -0.2) is 4.79 Å². The highest BCUT2D eigenvalue weighted by atomic mass is 35.5. The summed E-state index contributed by atoms with van der Waals surface area (Å²) < 4.78 is 2.15. The summed E-state index contributed by atoms with van der Waals surface area (Å²) >= 11 is 6.35. The van der Waals surface area contributed by atoms with Crippen LogP contribution in [0.3, 0.4) is 0 Å². The molecule has 0 aliphatic heterocycles. The third-order valence-electron chi connectivity index (χ3n) is 5.78. The van der Waals surface area contributed by atoms with Crippen LogP contribution in [0, 0.1) is 13.8 Å². The van der Waals surface area contributed by atoms with Gasteiger partial charge in [-0.05, 0) is 68.1 Å². The highest BCUT2D eigenvalue weighted by Gasteiger charge is 2.21. The first-order chi connectivity index (χ1) is 14.4. The molecule has 3 aromatic rings. The maximum absolute atomic E-state index is 13.2. The largest absolute Gasteiger partial charge is 0.345 e. The Morgan fingerprint density at radius 2 is 1.87 bits per heavy atom. The summed E-state index contributed by atoms with van der Waals surface area (Å²) in [5.74, 6) is 0. The molecule has 1 aromatic heterocycles. The molecule has 2 aromatic carbocycles. The molecule has 30 heavy (non-hydrogen) atoms. The van der Waals surface area contributed by atoms with E-state index in [4.69, 9.17) is 11.6 Å². The lowest BCUT2D eigenvalue weighted by Crippen LogP contribution is -2.41. The monoisotopic (exact) mass is 423 g/mol. The van der Waals surface area contributed by atoms with E-state index in [1.165, 1.54) is 0 Å². The van der Waals surface area contributed by atoms with Crippen molar-refractivity contribution in [3.05, 3.63) is 88.2 Å². The van der Waals surface area contributed by atoms with Gasteiger partial charge < -0.3 is 14.8 Å². The molecule has 5 heteroatoms. The van der Waals surface area contributed by atoms with Gasteiger partial charge in [0.1, 0.15) is 0 Å². The van der Waals surface area contributed by atoms with E-state index in [0.717, 1.165) is 39.5 Å². The SMILES string of the molecule is CCC(C)N(Cc1cccn1Cc1ccccc1Cl)C(=O)Nc1cccc(C)c1C. The van der Waals surface area contributed by atoms with Crippen LogP contribution in [0.5, 0.6) is 0 Å². The molecule has 0 aliphatic rings. The molecule has 4 nitrogen and oxygen atoms in total. The Kier molecular flexibility index (Phi) is 7.22. The number of aromatic nitrogens is 1. The van der Waals surface area contributed by atoms with Crippen LogP contribution in [0.15, 0.2) is 60.8 Å². The fourth-order valence-corrected chi connectivity index (χ4v) is 3.65. The van der Waals surface area contributed by atoms with E-state index in [2.05, 4.69) is 42.8 Å². The van der Waals surface area contributed by atoms with Crippen LogP contribution in [-0.4, -0.2) is 21.5 Å². The average Bonchev–Trinajstić information content (AvgIpc) is 3.17. The minimum atomic E-state index is -0.0801. The van der Waals surface area contributed by atoms with Crippen LogP contribution >= 0.6 is 11.6 Å². The Labute approximate surface area is 184 Å². The van der Waals surface area contributed by atoms with Gasteiger partial charge in [-0.3, -0.25) is 0 Å². The number of nitrogens with one attached hydrogen (secondary N) is 1. The molecule has 0 fully saturated rings. The van der Waals surface area contributed by atoms with Gasteiger partial charge in [0.15, 0.2) is 0 Å². The molecule has 0 radical (unpaired) electrons. The lowest BCUT2D eigenvalue weighted by molar-refractivity contribution is 0.185. The van der Waals surface area contributed by atoms with E-state index < -0.39 is 0 Å². The second kappa shape index (κ2) is 9.86. The van der Waals surface area contributed by atoms with Gasteiger partial charge in [0, 0.05) is 35.2 Å². The molecule has 0 aliphatic carbocycles. The number of rotatable bonds is 7. The molecule has 2 amide bonds. The number of carbonyl (C=O) groups is 1. The molecular weight excluding hydrogens is 394 g/mol. The first kappa shape index (κ1) is 22.0. The number of hydrogen-bond donors (Lipinski definition) is 1. The van der Waals surface area contributed by atoms with E-state index in [1.807, 2.05) is 60.5 Å². The van der Waals surface area contributed by atoms with Crippen LogP contribution < -0.4 is 5.32 Å². The summed E-state index contributed by atoms with van der Waals surface area (Å²) in [6.45, 7) is 9.49. The number of aryl methyl sites for hydroxylation is 1. The highest BCUT2D eigenvalue weighted by Crippen LogP contribution is 2.21. The minimum Gasteiger partial charge on any atom is -0.345 e. The first-order valence-corrected chi connectivity index (χ1v) is 10.8. The Morgan fingerprint density at radius 3 is 2.60 bits per heavy atom. The van der Waals surface area contributed by atoms with Crippen LogP contribution in [0.25, 0.3) is 0 Å². The van der Waals surface area contributed by atoms with Crippen LogP contribution in [0.2, 0.25) is 5.02 Å². The molecule has 0 bridgehead atoms. The quantitative estimate of drug-likeness (QED) is 0.454. The zero-order chi connectivity index (χ0) is 21.7. The van der Waals surface area contributed by atoms with Crippen molar-refractivity contribution in [2.45, 2.75) is 53.2 Å². The summed E-state index contributed by atoms with van der Waals surface area (Å²) in [4.78, 5) is 15.1. The molecule has 1 N–H and O–H groups in total. The van der Waals surface area contributed by atoms with Crippen LogP contribution in [0.4, 0.5) is 10.5 Å². The van der Waals surface area contributed by atoms with E-state index in [0.29, 0.717) is 13.1 Å². The van der Waals surface area contributed by atoms with Gasteiger partial charge in [0.25, 0.3) is 0 Å². The topological polar surface area (TPSA) is 37.3 Å². The molecule has 158 valence electrons. The number of carbonyl (C=O) groups excluding carboxylic acids is 1. The fraction of sp³-hybridized carbons (Fsp3) is 0.320. The van der Waals surface area contributed by atoms with E-state index in [-0.39, 0.29) is 12.1 Å². The van der Waals surface area contributed by atoms with Crippen molar-refractivity contribution in [3.8, 4) is 0 Å². The summed E-state index contributed by atoms with van der Waals surface area (Å²) in [5, 5.41) is 3.87. The second-order valence-electron chi connectivity index (χ2n) is 7.78. The summed E-state index contributed by atoms with van der Waals surface area (Å²) in [7, 11) is 0. The smallest absolute Gasteiger partial charge is 0.322 e. The molecule has 0 spiro atoms. The van der Waals surface area contributed by atoms with Crippen LogP contribution in [-0.2, 0) is 13.1 Å². The summed E-state index contributed by atoms with van der Waals surface area (Å²) in [6.07, 6.45) is 2.92. The van der Waals surface area contributed by atoms with Gasteiger partial charge in [0.05, 0.1) is 6.54 Å². The molecule has 1 atom stereocenters. The Morgan fingerprint density at radius 1 is 1.10 bits per heavy atom. The number of anilines is 1. The zero-order valence-electron chi connectivity index (χ0n) is 18.2. The van der Waals surface area contributed by atoms with Gasteiger partial charge in [-0.2, -0.15) is 0 Å². The molecule has 0 saturated heterocycles. The van der Waals surface area contributed by atoms with E-state index >= 15 is 0 Å². The molecular formula is C25H30ClN3O. The van der Waals surface area contributed by atoms with Gasteiger partial charge in [0.2, 0.25) is 0 Å². The lowest BCUT2D eigenvalue weighted by Gasteiger charge is -2.29. The van der Waals surface area contributed by atoms with Crippen molar-refractivity contribution in [3.63, 3.8) is 0 Å². The fourth-order valence-electron chi connectivity index (χ4n) is 3.45. The number of benzene rings is 2. The van der Waals surface area contributed by atoms with Crippen molar-refractivity contribution in [2.75, 3.05) is 5.32 Å². The van der Waals surface area contributed by atoms with E-state index in [9.17, 15) is 4.79 Å². The standard InChI is InChI=1S/C25H30ClN3O/c1-5-19(3)29(25(30)27-24-14-8-10-18(2)20(24)4)17-22-12-9-15-28(22)16-21-11-6-7-13-23(21)26/h6-15,19H,5,16-17H2,1-4H3,(H,27,30). The number of nitrogens with zero attached hydrogens (tertiary/aromatic N) is 2. The normalized spacial score (nSPS) is 11.9. The molecule has 3 rings (SSSR count). The lowest BCUT2D eigenvalue weighted by atomic mass is 10.1. The minimum absolute atomic E-state index is 0.0801. The van der Waals surface area contributed by atoms with Crippen molar-refractivity contribution in [2.24, 2.45) is 0 Å². The second-order valence-corrected chi connectivity index (χ2v) is 8.19. The maximum atomic E-state index is 13.2. The Hall–Kier alpha value is -2.72. The summed E-state index contributed by atoms with van der Waals surface area (Å²) in [5.41, 5.74) is 5.26. The third kappa shape index (κ3) is 5.06. The van der Waals surface area contributed by atoms with Crippen molar-refractivity contribution in [1.29, 1.82) is 0 Å². The van der Waals surface area contributed by atoms with Crippen molar-refractivity contribution >= 4 is 23.3 Å². The average molecular weight is 424 g/mol. The third-order valence-corrected chi connectivity index (χ3v) is 6.15. The van der Waals surface area contributed by atoms with Gasteiger partial charge >= 0.3 is 6.03 Å². The number of hydrogen-bond acceptors (Lipinski definition) is 1. The predicted octanol–water partition coefficient (Wildman–Crippen LogP) is 6.64. The first-order valence-electron chi connectivity index (χ1n) is 10.4. The molecule has 1 unspecified atom stereocenters. The summed E-state index contributed by atoms with van der Waals surface area (Å²) in [6, 6.07) is 18.0. The van der Waals surface area contributed by atoms with Gasteiger partial charge in [-0.15, -0.1) is 0 Å². The highest BCUT2D eigenvalue weighted by molar-refractivity contribution is 6.31. The Bertz CT molecular complexity index is 1010. The molecule has 1 heterocycles. The van der Waals surface area contributed by atoms with E-state index in [1.54, 1.807) is 0 Å². The number of amides is 2. The number of halogens is 1.